The first-order chi connectivity index (χ1) is 7.43. The second-order valence-electron chi connectivity index (χ2n) is 3.15. The summed E-state index contributed by atoms with van der Waals surface area (Å²) in [6.45, 7) is 7.17. The van der Waals surface area contributed by atoms with Crippen LogP contribution in [0.2, 0.25) is 0 Å². The first-order valence-electron chi connectivity index (χ1n) is 5.98. The van der Waals surface area contributed by atoms with E-state index < -0.39 is 0 Å². The lowest BCUT2D eigenvalue weighted by Gasteiger charge is -1.93. The summed E-state index contributed by atoms with van der Waals surface area (Å²) in [5, 5.41) is 0. The van der Waals surface area contributed by atoms with Gasteiger partial charge in [-0.3, -0.25) is 4.99 Å². The van der Waals surface area contributed by atoms with Crippen molar-refractivity contribution in [2.24, 2.45) is 4.99 Å². The van der Waals surface area contributed by atoms with Gasteiger partial charge in [0, 0.05) is 12.8 Å². The van der Waals surface area contributed by atoms with E-state index in [4.69, 9.17) is 0 Å². The maximum absolute atomic E-state index is 4.35. The van der Waals surface area contributed by atoms with Crippen molar-refractivity contribution in [1.82, 2.24) is 0 Å². The summed E-state index contributed by atoms with van der Waals surface area (Å²) in [6, 6.07) is 10.2. The lowest BCUT2D eigenvalue weighted by atomic mass is 10.2. The summed E-state index contributed by atoms with van der Waals surface area (Å²) in [4.78, 5) is 4.35. The lowest BCUT2D eigenvalue weighted by molar-refractivity contribution is 0.729. The molecule has 1 aromatic rings. The highest BCUT2D eigenvalue weighted by molar-refractivity contribution is 5.79. The summed E-state index contributed by atoms with van der Waals surface area (Å²) in [7, 11) is 0. The van der Waals surface area contributed by atoms with Crippen LogP contribution < -0.4 is 0 Å². The van der Waals surface area contributed by atoms with Crippen molar-refractivity contribution in [3.63, 3.8) is 0 Å². The molecule has 0 bridgehead atoms. The first kappa shape index (κ1) is 13.9. The summed E-state index contributed by atoms with van der Waals surface area (Å²) in [6.07, 6.45) is 5.71. The highest BCUT2D eigenvalue weighted by atomic mass is 14.7. The van der Waals surface area contributed by atoms with Gasteiger partial charge in [-0.15, -0.1) is 0 Å². The Morgan fingerprint density at radius 3 is 2.33 bits per heavy atom. The average molecular weight is 205 g/mol. The monoisotopic (exact) mass is 205 g/mol. The van der Waals surface area contributed by atoms with Crippen molar-refractivity contribution in [1.29, 1.82) is 0 Å². The van der Waals surface area contributed by atoms with E-state index >= 15 is 0 Å². The molecule has 0 heterocycles. The van der Waals surface area contributed by atoms with Crippen LogP contribution in [0.3, 0.4) is 0 Å². The van der Waals surface area contributed by atoms with Crippen LogP contribution in [-0.2, 0) is 0 Å². The van der Waals surface area contributed by atoms with Crippen LogP contribution >= 0.6 is 0 Å². The largest absolute Gasteiger partial charge is 0.293 e. The Morgan fingerprint density at radius 2 is 1.73 bits per heavy atom. The Balaban J connectivity index is 0.000000921. The average Bonchev–Trinajstić information content (AvgIpc) is 2.33. The zero-order chi connectivity index (χ0) is 11.4. The standard InChI is InChI=1S/C12H17N.C2H6/c1-2-3-7-10-13-11-12-8-5-4-6-9-12;1-2/h4-6,8-9,11H,2-3,7,10H2,1H3;1-2H3. The quantitative estimate of drug-likeness (QED) is 0.501. The van der Waals surface area contributed by atoms with E-state index in [2.05, 4.69) is 24.0 Å². The van der Waals surface area contributed by atoms with Gasteiger partial charge in [0.05, 0.1) is 0 Å². The second-order valence-corrected chi connectivity index (χ2v) is 3.15. The van der Waals surface area contributed by atoms with Gasteiger partial charge in [0.1, 0.15) is 0 Å². The van der Waals surface area contributed by atoms with Gasteiger partial charge >= 0.3 is 0 Å². The van der Waals surface area contributed by atoms with Crippen LogP contribution in [0.15, 0.2) is 35.3 Å². The van der Waals surface area contributed by atoms with Gasteiger partial charge in [0.2, 0.25) is 0 Å². The molecule has 0 radical (unpaired) electrons. The molecule has 15 heavy (non-hydrogen) atoms. The fraction of sp³-hybridized carbons (Fsp3) is 0.500. The van der Waals surface area contributed by atoms with Gasteiger partial charge < -0.3 is 0 Å². The van der Waals surface area contributed by atoms with Crippen LogP contribution in [-0.4, -0.2) is 12.8 Å². The number of aliphatic imine (C=N–C) groups is 1. The molecule has 0 saturated carbocycles. The van der Waals surface area contributed by atoms with Crippen LogP contribution in [0, 0.1) is 0 Å². The Kier molecular flexibility index (Phi) is 10.2. The van der Waals surface area contributed by atoms with Gasteiger partial charge in [-0.1, -0.05) is 63.9 Å². The number of benzene rings is 1. The van der Waals surface area contributed by atoms with E-state index in [1.54, 1.807) is 0 Å². The smallest absolute Gasteiger partial charge is 0.0389 e. The summed E-state index contributed by atoms with van der Waals surface area (Å²) in [5.74, 6) is 0. The number of rotatable bonds is 5. The molecule has 0 aliphatic carbocycles. The highest BCUT2D eigenvalue weighted by Gasteiger charge is 1.84. The lowest BCUT2D eigenvalue weighted by Crippen LogP contribution is -1.84. The van der Waals surface area contributed by atoms with Crippen LogP contribution in [0.1, 0.15) is 45.6 Å². The summed E-state index contributed by atoms with van der Waals surface area (Å²) >= 11 is 0. The third-order valence-electron chi connectivity index (χ3n) is 1.93. The molecule has 0 saturated heterocycles. The summed E-state index contributed by atoms with van der Waals surface area (Å²) in [5.41, 5.74) is 1.19. The molecule has 0 aliphatic heterocycles. The molecule has 84 valence electrons. The zero-order valence-corrected chi connectivity index (χ0v) is 10.2. The van der Waals surface area contributed by atoms with E-state index in [1.807, 2.05) is 38.3 Å². The Bertz CT molecular complexity index is 239. The highest BCUT2D eigenvalue weighted by Crippen LogP contribution is 1.96. The Morgan fingerprint density at radius 1 is 1.07 bits per heavy atom. The number of hydrogen-bond acceptors (Lipinski definition) is 1. The maximum Gasteiger partial charge on any atom is 0.0389 e. The minimum absolute atomic E-state index is 0.961. The predicted octanol–water partition coefficient (Wildman–Crippen LogP) is 4.32. The zero-order valence-electron chi connectivity index (χ0n) is 10.2. The SMILES string of the molecule is CC.CCCCCN=Cc1ccccc1. The molecule has 0 amide bonds. The molecule has 0 fully saturated rings. The first-order valence-corrected chi connectivity index (χ1v) is 5.98. The Labute approximate surface area is 94.3 Å². The van der Waals surface area contributed by atoms with Gasteiger partial charge in [0.15, 0.2) is 0 Å². The number of hydrogen-bond donors (Lipinski definition) is 0. The number of nitrogens with zero attached hydrogens (tertiary/aromatic N) is 1. The van der Waals surface area contributed by atoms with E-state index in [1.165, 1.54) is 24.8 Å². The molecule has 0 atom stereocenters. The van der Waals surface area contributed by atoms with Crippen molar-refractivity contribution in [3.05, 3.63) is 35.9 Å². The fourth-order valence-electron chi connectivity index (χ4n) is 1.16. The normalized spacial score (nSPS) is 9.80. The fourth-order valence-corrected chi connectivity index (χ4v) is 1.16. The van der Waals surface area contributed by atoms with Crippen molar-refractivity contribution in [3.8, 4) is 0 Å². The van der Waals surface area contributed by atoms with Crippen molar-refractivity contribution >= 4 is 6.21 Å². The van der Waals surface area contributed by atoms with E-state index in [-0.39, 0.29) is 0 Å². The molecular formula is C14H23N. The van der Waals surface area contributed by atoms with Crippen molar-refractivity contribution in [2.75, 3.05) is 6.54 Å². The summed E-state index contributed by atoms with van der Waals surface area (Å²) < 4.78 is 0. The third-order valence-corrected chi connectivity index (χ3v) is 1.93. The molecule has 0 spiro atoms. The molecule has 0 N–H and O–H groups in total. The van der Waals surface area contributed by atoms with Gasteiger partial charge in [-0.05, 0) is 12.0 Å². The van der Waals surface area contributed by atoms with E-state index in [0.717, 1.165) is 6.54 Å². The molecule has 1 rings (SSSR count). The van der Waals surface area contributed by atoms with Crippen LogP contribution in [0.5, 0.6) is 0 Å². The Hall–Kier alpha value is -1.11. The van der Waals surface area contributed by atoms with Crippen LogP contribution in [0.4, 0.5) is 0 Å². The van der Waals surface area contributed by atoms with Gasteiger partial charge in [-0.25, -0.2) is 0 Å². The molecule has 0 aromatic heterocycles. The molecule has 1 heteroatoms. The van der Waals surface area contributed by atoms with Crippen molar-refractivity contribution < 1.29 is 0 Å². The second kappa shape index (κ2) is 11.0. The maximum atomic E-state index is 4.35. The van der Waals surface area contributed by atoms with Crippen molar-refractivity contribution in [2.45, 2.75) is 40.0 Å². The molecular weight excluding hydrogens is 182 g/mol. The van der Waals surface area contributed by atoms with E-state index in [0.29, 0.717) is 0 Å². The molecule has 0 aliphatic rings. The number of unbranched alkanes of at least 4 members (excludes halogenated alkanes) is 2. The molecule has 1 nitrogen and oxygen atoms in total. The van der Waals surface area contributed by atoms with Gasteiger partial charge in [0.25, 0.3) is 0 Å². The van der Waals surface area contributed by atoms with Crippen LogP contribution in [0.25, 0.3) is 0 Å². The van der Waals surface area contributed by atoms with Gasteiger partial charge in [-0.2, -0.15) is 0 Å². The minimum Gasteiger partial charge on any atom is -0.293 e. The predicted molar refractivity (Wildman–Crippen MR) is 69.8 cm³/mol. The topological polar surface area (TPSA) is 12.4 Å². The molecule has 0 unspecified atom stereocenters. The minimum atomic E-state index is 0.961. The van der Waals surface area contributed by atoms with E-state index in [9.17, 15) is 0 Å². The molecule has 1 aromatic carbocycles. The third kappa shape index (κ3) is 7.92.